The second-order valence-electron chi connectivity index (χ2n) is 7.79. The molecular formula is C20H27N5O. The van der Waals surface area contributed by atoms with Gasteiger partial charge in [0.15, 0.2) is 0 Å². The summed E-state index contributed by atoms with van der Waals surface area (Å²) in [6.07, 6.45) is 2.75. The van der Waals surface area contributed by atoms with Gasteiger partial charge in [-0.1, -0.05) is 44.2 Å². The van der Waals surface area contributed by atoms with Crippen LogP contribution in [0.2, 0.25) is 0 Å². The summed E-state index contributed by atoms with van der Waals surface area (Å²) in [6.45, 7) is 5.77. The summed E-state index contributed by atoms with van der Waals surface area (Å²) in [5.74, 6) is 1.70. The number of hydrogen-bond acceptors (Lipinski definition) is 4. The molecular weight excluding hydrogens is 326 g/mol. The normalized spacial score (nSPS) is 22.7. The molecule has 3 N–H and O–H groups in total. The number of fused-ring (bicyclic) bond motifs is 1. The van der Waals surface area contributed by atoms with Gasteiger partial charge in [0.05, 0.1) is 17.9 Å². The molecule has 2 aromatic rings. The molecule has 0 aliphatic carbocycles. The van der Waals surface area contributed by atoms with Crippen LogP contribution in [0.25, 0.3) is 11.4 Å². The molecule has 4 rings (SSSR count). The zero-order valence-corrected chi connectivity index (χ0v) is 15.5. The van der Waals surface area contributed by atoms with Crippen molar-refractivity contribution in [2.45, 2.75) is 51.7 Å². The van der Waals surface area contributed by atoms with Crippen LogP contribution in [0.15, 0.2) is 30.3 Å². The van der Waals surface area contributed by atoms with Crippen molar-refractivity contribution in [3.05, 3.63) is 41.7 Å². The van der Waals surface area contributed by atoms with Crippen LogP contribution in [-0.4, -0.2) is 39.4 Å². The first-order valence-corrected chi connectivity index (χ1v) is 9.53. The number of amides is 1. The highest BCUT2D eigenvalue weighted by atomic mass is 16.2. The largest absolute Gasteiger partial charge is 0.340 e. The summed E-state index contributed by atoms with van der Waals surface area (Å²) in [4.78, 5) is 23.0. The molecule has 2 aliphatic heterocycles. The summed E-state index contributed by atoms with van der Waals surface area (Å²) in [7, 11) is 0. The van der Waals surface area contributed by atoms with E-state index in [4.69, 9.17) is 4.98 Å². The molecule has 26 heavy (non-hydrogen) atoms. The fraction of sp³-hybridized carbons (Fsp3) is 0.500. The molecule has 1 aromatic carbocycles. The number of aromatic nitrogens is 2. The first-order chi connectivity index (χ1) is 12.6. The number of nitrogens with one attached hydrogen (secondary N) is 3. The second-order valence-corrected chi connectivity index (χ2v) is 7.79. The number of carbonyl (C=O) groups excluding carboxylic acids is 1. The number of aromatic amines is 1. The predicted molar refractivity (Wildman–Crippen MR) is 101 cm³/mol. The Morgan fingerprint density at radius 3 is 2.85 bits per heavy atom. The molecule has 1 aromatic heterocycles. The Balaban J connectivity index is 1.42. The maximum absolute atomic E-state index is 12.9. The Bertz CT molecular complexity index is 770. The molecule has 138 valence electrons. The lowest BCUT2D eigenvalue weighted by Gasteiger charge is -2.28. The fourth-order valence-electron chi connectivity index (χ4n) is 3.94. The Hall–Kier alpha value is -2.18. The summed E-state index contributed by atoms with van der Waals surface area (Å²) >= 11 is 0. The molecule has 6 nitrogen and oxygen atoms in total. The predicted octanol–water partition coefficient (Wildman–Crippen LogP) is 2.24. The van der Waals surface area contributed by atoms with Crippen LogP contribution in [0.3, 0.4) is 0 Å². The molecule has 0 radical (unpaired) electrons. The number of imidazole rings is 1. The van der Waals surface area contributed by atoms with Gasteiger partial charge in [0.25, 0.3) is 0 Å². The lowest BCUT2D eigenvalue weighted by molar-refractivity contribution is -0.134. The molecule has 0 spiro atoms. The van der Waals surface area contributed by atoms with Gasteiger partial charge in [-0.3, -0.25) is 10.2 Å². The van der Waals surface area contributed by atoms with Crippen LogP contribution >= 0.6 is 0 Å². The maximum atomic E-state index is 12.9. The molecule has 6 heteroatoms. The van der Waals surface area contributed by atoms with Crippen LogP contribution < -0.4 is 10.9 Å². The molecule has 1 amide bonds. The zero-order valence-electron chi connectivity index (χ0n) is 15.5. The summed E-state index contributed by atoms with van der Waals surface area (Å²) in [5.41, 5.74) is 9.71. The minimum Gasteiger partial charge on any atom is -0.340 e. The van der Waals surface area contributed by atoms with Crippen LogP contribution in [0.4, 0.5) is 0 Å². The summed E-state index contributed by atoms with van der Waals surface area (Å²) < 4.78 is 0. The lowest BCUT2D eigenvalue weighted by Crippen LogP contribution is -2.47. The van der Waals surface area contributed by atoms with E-state index in [0.29, 0.717) is 18.5 Å². The highest BCUT2D eigenvalue weighted by Gasteiger charge is 2.34. The van der Waals surface area contributed by atoms with E-state index in [1.54, 1.807) is 0 Å². The lowest BCUT2D eigenvalue weighted by atomic mass is 9.99. The zero-order chi connectivity index (χ0) is 18.1. The van der Waals surface area contributed by atoms with Crippen molar-refractivity contribution in [3.63, 3.8) is 0 Å². The average molecular weight is 353 g/mol. The first-order valence-electron chi connectivity index (χ1n) is 9.53. The SMILES string of the molecule is CC(C)CC1CC(C(=O)N2CCc3nc(-c4ccccc4)[nH]c3C2)NN1. The van der Waals surface area contributed by atoms with Gasteiger partial charge < -0.3 is 9.88 Å². The van der Waals surface area contributed by atoms with Crippen molar-refractivity contribution in [2.75, 3.05) is 6.54 Å². The first kappa shape index (κ1) is 17.2. The van der Waals surface area contributed by atoms with E-state index in [0.717, 1.165) is 48.6 Å². The van der Waals surface area contributed by atoms with Gasteiger partial charge in [0.2, 0.25) is 5.91 Å². The van der Waals surface area contributed by atoms with Crippen molar-refractivity contribution in [1.82, 2.24) is 25.7 Å². The topological polar surface area (TPSA) is 73.0 Å². The van der Waals surface area contributed by atoms with Gasteiger partial charge in [-0.05, 0) is 18.8 Å². The smallest absolute Gasteiger partial charge is 0.241 e. The quantitative estimate of drug-likeness (QED) is 0.788. The van der Waals surface area contributed by atoms with Crippen molar-refractivity contribution in [2.24, 2.45) is 5.92 Å². The third kappa shape index (κ3) is 3.52. The average Bonchev–Trinajstić information content (AvgIpc) is 3.27. The monoisotopic (exact) mass is 353 g/mol. The van der Waals surface area contributed by atoms with E-state index >= 15 is 0 Å². The van der Waals surface area contributed by atoms with E-state index < -0.39 is 0 Å². The summed E-state index contributed by atoms with van der Waals surface area (Å²) in [6, 6.07) is 10.4. The molecule has 1 saturated heterocycles. The number of carbonyl (C=O) groups is 1. The van der Waals surface area contributed by atoms with Crippen LogP contribution in [0.5, 0.6) is 0 Å². The summed E-state index contributed by atoms with van der Waals surface area (Å²) in [5, 5.41) is 0. The molecule has 2 aliphatic rings. The Kier molecular flexibility index (Phi) is 4.78. The van der Waals surface area contributed by atoms with Gasteiger partial charge in [0.1, 0.15) is 11.9 Å². The Labute approximate surface area is 154 Å². The third-order valence-corrected chi connectivity index (χ3v) is 5.23. The van der Waals surface area contributed by atoms with Crippen molar-refractivity contribution in [1.29, 1.82) is 0 Å². The van der Waals surface area contributed by atoms with Gasteiger partial charge in [-0.2, -0.15) is 0 Å². The van der Waals surface area contributed by atoms with Crippen LogP contribution in [0, 0.1) is 5.92 Å². The van der Waals surface area contributed by atoms with Crippen LogP contribution in [0.1, 0.15) is 38.1 Å². The number of rotatable bonds is 4. The Morgan fingerprint density at radius 1 is 1.27 bits per heavy atom. The molecule has 0 bridgehead atoms. The highest BCUT2D eigenvalue weighted by molar-refractivity contribution is 5.82. The molecule has 2 atom stereocenters. The highest BCUT2D eigenvalue weighted by Crippen LogP contribution is 2.24. The van der Waals surface area contributed by atoms with E-state index in [1.807, 2.05) is 23.1 Å². The van der Waals surface area contributed by atoms with Crippen LogP contribution in [-0.2, 0) is 17.8 Å². The maximum Gasteiger partial charge on any atom is 0.241 e. The third-order valence-electron chi connectivity index (χ3n) is 5.23. The number of hydrogen-bond donors (Lipinski definition) is 3. The van der Waals surface area contributed by atoms with Gasteiger partial charge in [-0.15, -0.1) is 0 Å². The van der Waals surface area contributed by atoms with E-state index in [1.165, 1.54) is 0 Å². The standard InChI is InChI=1S/C20H27N5O/c1-13(2)10-15-11-17(24-23-15)20(26)25-9-8-16-18(12-25)22-19(21-16)14-6-4-3-5-7-14/h3-7,13,15,17,23-24H,8-12H2,1-2H3,(H,21,22). The van der Waals surface area contributed by atoms with Gasteiger partial charge in [0, 0.05) is 24.6 Å². The number of nitrogens with zero attached hydrogens (tertiary/aromatic N) is 2. The molecule has 3 heterocycles. The number of hydrazine groups is 1. The van der Waals surface area contributed by atoms with E-state index in [-0.39, 0.29) is 11.9 Å². The molecule has 2 unspecified atom stereocenters. The number of H-pyrrole nitrogens is 1. The second kappa shape index (κ2) is 7.21. The van der Waals surface area contributed by atoms with Gasteiger partial charge in [-0.25, -0.2) is 10.4 Å². The minimum absolute atomic E-state index is 0.128. The number of benzene rings is 1. The van der Waals surface area contributed by atoms with Crippen molar-refractivity contribution in [3.8, 4) is 11.4 Å². The van der Waals surface area contributed by atoms with E-state index in [9.17, 15) is 4.79 Å². The van der Waals surface area contributed by atoms with Crippen molar-refractivity contribution >= 4 is 5.91 Å². The molecule has 1 fully saturated rings. The molecule has 0 saturated carbocycles. The fourth-order valence-corrected chi connectivity index (χ4v) is 3.94. The Morgan fingerprint density at radius 2 is 2.08 bits per heavy atom. The van der Waals surface area contributed by atoms with Gasteiger partial charge >= 0.3 is 0 Å². The van der Waals surface area contributed by atoms with E-state index in [2.05, 4.69) is 41.8 Å². The minimum atomic E-state index is -0.128. The van der Waals surface area contributed by atoms with Crippen molar-refractivity contribution < 1.29 is 4.79 Å².